The number of aromatic amines is 1. The summed E-state index contributed by atoms with van der Waals surface area (Å²) in [7, 11) is 3.34. The summed E-state index contributed by atoms with van der Waals surface area (Å²) in [5, 5.41) is 1.81. The van der Waals surface area contributed by atoms with Crippen LogP contribution in [0.15, 0.2) is 54.6 Å². The van der Waals surface area contributed by atoms with Crippen molar-refractivity contribution in [3.63, 3.8) is 0 Å². The van der Waals surface area contributed by atoms with Gasteiger partial charge in [-0.15, -0.1) is 0 Å². The van der Waals surface area contributed by atoms with E-state index in [1.165, 1.54) is 0 Å². The van der Waals surface area contributed by atoms with Crippen LogP contribution in [0.25, 0.3) is 32.9 Å². The number of hydrogen-bond donors (Lipinski definition) is 2. The van der Waals surface area contributed by atoms with Crippen molar-refractivity contribution in [3.05, 3.63) is 65.7 Å². The molecule has 192 valence electrons. The van der Waals surface area contributed by atoms with Gasteiger partial charge in [-0.1, -0.05) is 18.2 Å². The molecule has 37 heavy (non-hydrogen) atoms. The lowest BCUT2D eigenvalue weighted by Crippen LogP contribution is -2.48. The molecule has 1 fully saturated rings. The van der Waals surface area contributed by atoms with E-state index in [1.807, 2.05) is 53.4 Å². The van der Waals surface area contributed by atoms with Crippen LogP contribution in [0.3, 0.4) is 0 Å². The molecule has 0 atom stereocenters. The van der Waals surface area contributed by atoms with Crippen LogP contribution in [0.4, 0.5) is 0 Å². The van der Waals surface area contributed by atoms with Gasteiger partial charge in [0.05, 0.1) is 18.2 Å². The molecule has 3 N–H and O–H groups in total. The molecule has 4 aromatic rings. The quantitative estimate of drug-likeness (QED) is 0.358. The molecular formula is C29H32N4O4. The number of carbonyl (C=O) groups excluding carboxylic acids is 2. The van der Waals surface area contributed by atoms with Gasteiger partial charge in [-0.25, -0.2) is 0 Å². The van der Waals surface area contributed by atoms with Gasteiger partial charge < -0.3 is 25.1 Å². The number of fused-ring (bicyclic) bond motifs is 3. The molecule has 2 amide bonds. The number of nitrogens with two attached hydrogens (primary N) is 1. The second-order valence-corrected chi connectivity index (χ2v) is 9.41. The number of carbonyl (C=O) groups is 2. The summed E-state index contributed by atoms with van der Waals surface area (Å²) in [6.07, 6.45) is 0.994. The monoisotopic (exact) mass is 500 g/mol. The smallest absolute Gasteiger partial charge is 0.254 e. The number of methoxy groups -OCH3 is 2. The second-order valence-electron chi connectivity index (χ2n) is 9.41. The van der Waals surface area contributed by atoms with Crippen LogP contribution in [-0.2, 0) is 4.74 Å². The summed E-state index contributed by atoms with van der Waals surface area (Å²) in [4.78, 5) is 33.3. The maximum Gasteiger partial charge on any atom is 0.254 e. The fourth-order valence-corrected chi connectivity index (χ4v) is 5.09. The molecule has 8 heteroatoms. The van der Waals surface area contributed by atoms with Gasteiger partial charge in [-0.05, 0) is 53.9 Å². The van der Waals surface area contributed by atoms with E-state index in [2.05, 4.69) is 9.88 Å². The van der Waals surface area contributed by atoms with E-state index in [1.54, 1.807) is 20.3 Å². The van der Waals surface area contributed by atoms with Crippen LogP contribution in [0.1, 0.15) is 27.1 Å². The number of aromatic nitrogens is 1. The highest BCUT2D eigenvalue weighted by Crippen LogP contribution is 2.34. The fraction of sp³-hybridized carbons (Fsp3) is 0.310. The van der Waals surface area contributed by atoms with Crippen LogP contribution in [-0.4, -0.2) is 80.1 Å². The Bertz CT molecular complexity index is 1450. The zero-order valence-electron chi connectivity index (χ0n) is 21.3. The van der Waals surface area contributed by atoms with E-state index < -0.39 is 5.91 Å². The van der Waals surface area contributed by atoms with Gasteiger partial charge in [-0.3, -0.25) is 14.5 Å². The van der Waals surface area contributed by atoms with E-state index in [4.69, 9.17) is 15.2 Å². The first-order chi connectivity index (χ1) is 18.0. The Morgan fingerprint density at radius 3 is 2.49 bits per heavy atom. The number of H-pyrrole nitrogens is 1. The average Bonchev–Trinajstić information content (AvgIpc) is 3.30. The topological polar surface area (TPSA) is 101 Å². The van der Waals surface area contributed by atoms with Crippen LogP contribution in [0, 0.1) is 0 Å². The van der Waals surface area contributed by atoms with E-state index >= 15 is 0 Å². The first-order valence-electron chi connectivity index (χ1n) is 12.5. The van der Waals surface area contributed by atoms with Crippen molar-refractivity contribution in [2.45, 2.75) is 6.42 Å². The van der Waals surface area contributed by atoms with Crippen LogP contribution >= 0.6 is 0 Å². The number of nitrogens with one attached hydrogen (secondary N) is 1. The molecule has 0 aliphatic carbocycles. The minimum Gasteiger partial charge on any atom is -0.497 e. The van der Waals surface area contributed by atoms with Gasteiger partial charge in [0.25, 0.3) is 11.8 Å². The van der Waals surface area contributed by atoms with Crippen molar-refractivity contribution >= 4 is 33.6 Å². The zero-order chi connectivity index (χ0) is 25.9. The van der Waals surface area contributed by atoms with E-state index in [0.29, 0.717) is 29.7 Å². The number of primary amides is 1. The van der Waals surface area contributed by atoms with Crippen molar-refractivity contribution in [1.82, 2.24) is 14.8 Å². The number of piperazine rings is 1. The number of nitrogens with zero attached hydrogens (tertiary/aromatic N) is 2. The van der Waals surface area contributed by atoms with Gasteiger partial charge in [0, 0.05) is 68.3 Å². The van der Waals surface area contributed by atoms with Crippen molar-refractivity contribution in [3.8, 4) is 16.9 Å². The van der Waals surface area contributed by atoms with Crippen LogP contribution in [0.5, 0.6) is 5.75 Å². The third-order valence-electron chi connectivity index (χ3n) is 7.11. The highest BCUT2D eigenvalue weighted by atomic mass is 16.5. The largest absolute Gasteiger partial charge is 0.497 e. The third kappa shape index (κ3) is 5.03. The molecule has 0 radical (unpaired) electrons. The number of rotatable bonds is 8. The van der Waals surface area contributed by atoms with Crippen molar-refractivity contribution in [2.75, 3.05) is 53.6 Å². The summed E-state index contributed by atoms with van der Waals surface area (Å²) >= 11 is 0. The standard InChI is InChI=1S/C29H32N4O4/c1-36-14-4-9-32-10-12-33(13-11-32)29(35)20-7-8-23-24-16-21(19-5-3-6-22(15-19)37-2)17-25(28(30)34)27(24)31-26(23)18-20/h3,5-8,15-18,31H,4,9-14H2,1-2H3,(H2,30,34). The molecule has 0 unspecified atom stereocenters. The molecule has 1 aliphatic rings. The highest BCUT2D eigenvalue weighted by molar-refractivity contribution is 6.17. The van der Waals surface area contributed by atoms with Crippen LogP contribution in [0.2, 0.25) is 0 Å². The molecule has 3 aromatic carbocycles. The lowest BCUT2D eigenvalue weighted by molar-refractivity contribution is 0.0624. The molecule has 8 nitrogen and oxygen atoms in total. The van der Waals surface area contributed by atoms with E-state index in [-0.39, 0.29) is 5.91 Å². The molecule has 0 bridgehead atoms. The number of amides is 2. The second kappa shape index (κ2) is 10.6. The molecule has 1 aromatic heterocycles. The van der Waals surface area contributed by atoms with Crippen molar-refractivity contribution in [2.24, 2.45) is 5.73 Å². The van der Waals surface area contributed by atoms with Crippen molar-refractivity contribution < 1.29 is 19.1 Å². The van der Waals surface area contributed by atoms with Gasteiger partial charge in [0.2, 0.25) is 0 Å². The van der Waals surface area contributed by atoms with Gasteiger partial charge in [0.15, 0.2) is 0 Å². The summed E-state index contributed by atoms with van der Waals surface area (Å²) in [6, 6.07) is 17.2. The van der Waals surface area contributed by atoms with Gasteiger partial charge >= 0.3 is 0 Å². The Labute approximate surface area is 215 Å². The SMILES string of the molecule is COCCCN1CCN(C(=O)c2ccc3c(c2)[nH]c2c(C(N)=O)cc(-c4cccc(OC)c4)cc23)CC1. The minimum absolute atomic E-state index is 0.0179. The maximum atomic E-state index is 13.3. The first-order valence-corrected chi connectivity index (χ1v) is 12.5. The molecule has 5 rings (SSSR count). The Morgan fingerprint density at radius 2 is 1.76 bits per heavy atom. The Balaban J connectivity index is 1.45. The normalized spacial score (nSPS) is 14.4. The van der Waals surface area contributed by atoms with E-state index in [0.717, 1.165) is 65.8 Å². The number of ether oxygens (including phenoxy) is 2. The lowest BCUT2D eigenvalue weighted by atomic mass is 9.98. The molecule has 1 saturated heterocycles. The summed E-state index contributed by atoms with van der Waals surface area (Å²) in [6.45, 7) is 4.86. The fourth-order valence-electron chi connectivity index (χ4n) is 5.09. The minimum atomic E-state index is -0.513. The van der Waals surface area contributed by atoms with Crippen molar-refractivity contribution in [1.29, 1.82) is 0 Å². The summed E-state index contributed by atoms with van der Waals surface area (Å²) in [5.41, 5.74) is 10.1. The highest BCUT2D eigenvalue weighted by Gasteiger charge is 2.23. The number of benzene rings is 3. The Hall–Kier alpha value is -3.88. The Kier molecular flexibility index (Phi) is 7.12. The Morgan fingerprint density at radius 1 is 0.946 bits per heavy atom. The number of hydrogen-bond acceptors (Lipinski definition) is 5. The third-order valence-corrected chi connectivity index (χ3v) is 7.11. The molecule has 0 spiro atoms. The zero-order valence-corrected chi connectivity index (χ0v) is 21.3. The van der Waals surface area contributed by atoms with E-state index in [9.17, 15) is 9.59 Å². The van der Waals surface area contributed by atoms with Gasteiger partial charge in [0.1, 0.15) is 5.75 Å². The lowest BCUT2D eigenvalue weighted by Gasteiger charge is -2.34. The predicted molar refractivity (Wildman–Crippen MR) is 145 cm³/mol. The maximum absolute atomic E-state index is 13.3. The molecule has 2 heterocycles. The van der Waals surface area contributed by atoms with Gasteiger partial charge in [-0.2, -0.15) is 0 Å². The molecule has 0 saturated carbocycles. The predicted octanol–water partition coefficient (Wildman–Crippen LogP) is 3.89. The average molecular weight is 501 g/mol. The molecule has 1 aliphatic heterocycles. The molecular weight excluding hydrogens is 468 g/mol. The van der Waals surface area contributed by atoms with Crippen LogP contribution < -0.4 is 10.5 Å². The summed E-state index contributed by atoms with van der Waals surface area (Å²) in [5.74, 6) is 0.237. The summed E-state index contributed by atoms with van der Waals surface area (Å²) < 4.78 is 10.5. The first kappa shape index (κ1) is 24.8.